The number of aliphatic hydroxyl groups excluding tert-OH is 1. The van der Waals surface area contributed by atoms with Crippen LogP contribution in [0.25, 0.3) is 0 Å². The number of aliphatic hydroxyl groups is 1. The first-order valence-corrected chi connectivity index (χ1v) is 5.84. The predicted octanol–water partition coefficient (Wildman–Crippen LogP) is 0.683. The normalized spacial score (nSPS) is 28.1. The molecule has 4 nitrogen and oxygen atoms in total. The number of Topliss-reactive ketones (excluding diaryl/α,β-unsaturated/α-hetero) is 1. The van der Waals surface area contributed by atoms with Gasteiger partial charge in [-0.2, -0.15) is 0 Å². The van der Waals surface area contributed by atoms with E-state index < -0.39 is 0 Å². The summed E-state index contributed by atoms with van der Waals surface area (Å²) in [5.74, 6) is 0.201. The first-order chi connectivity index (χ1) is 7.36. The number of carbonyl (C=O) groups excluding carboxylic acids is 1. The minimum Gasteiger partial charge on any atom is -0.394 e. The van der Waals surface area contributed by atoms with Crippen molar-refractivity contribution in [2.24, 2.45) is 5.41 Å². The highest BCUT2D eigenvalue weighted by atomic mass is 16.5. The Hall–Kier alpha value is -0.450. The number of rotatable bonds is 4. The molecule has 0 radical (unpaired) electrons. The summed E-state index contributed by atoms with van der Waals surface area (Å²) in [6.45, 7) is 9.75. The van der Waals surface area contributed by atoms with Crippen LogP contribution in [0.2, 0.25) is 0 Å². The summed E-state index contributed by atoms with van der Waals surface area (Å²) >= 11 is 0. The first kappa shape index (κ1) is 13.6. The van der Waals surface area contributed by atoms with Crippen molar-refractivity contribution in [1.82, 2.24) is 4.90 Å². The van der Waals surface area contributed by atoms with Gasteiger partial charge in [-0.15, -0.1) is 0 Å². The van der Waals surface area contributed by atoms with E-state index >= 15 is 0 Å². The van der Waals surface area contributed by atoms with Crippen LogP contribution in [0.1, 0.15) is 27.7 Å². The van der Waals surface area contributed by atoms with Gasteiger partial charge in [0.15, 0.2) is 0 Å². The van der Waals surface area contributed by atoms with E-state index in [0.717, 1.165) is 6.54 Å². The van der Waals surface area contributed by atoms with Crippen LogP contribution in [0.3, 0.4) is 0 Å². The Bertz CT molecular complexity index is 253. The van der Waals surface area contributed by atoms with Gasteiger partial charge in [-0.1, -0.05) is 13.8 Å². The van der Waals surface area contributed by atoms with Crippen LogP contribution in [0.15, 0.2) is 0 Å². The van der Waals surface area contributed by atoms with E-state index in [2.05, 4.69) is 11.8 Å². The van der Waals surface area contributed by atoms with E-state index in [1.807, 2.05) is 13.8 Å². The average molecular weight is 229 g/mol. The quantitative estimate of drug-likeness (QED) is 0.770. The number of hydrogen-bond donors (Lipinski definition) is 1. The number of nitrogens with zero attached hydrogens (tertiary/aromatic N) is 1. The van der Waals surface area contributed by atoms with Gasteiger partial charge in [-0.3, -0.25) is 9.69 Å². The zero-order valence-electron chi connectivity index (χ0n) is 10.7. The highest BCUT2D eigenvalue weighted by Gasteiger charge is 2.32. The Morgan fingerprint density at radius 3 is 2.69 bits per heavy atom. The molecule has 1 N–H and O–H groups in total. The smallest absolute Gasteiger partial charge is 0.136 e. The molecule has 1 aliphatic rings. The Morgan fingerprint density at radius 1 is 1.56 bits per heavy atom. The van der Waals surface area contributed by atoms with E-state index in [9.17, 15) is 4.79 Å². The molecule has 0 bridgehead atoms. The lowest BCUT2D eigenvalue weighted by molar-refractivity contribution is -0.129. The van der Waals surface area contributed by atoms with Gasteiger partial charge in [-0.05, 0) is 13.8 Å². The van der Waals surface area contributed by atoms with Gasteiger partial charge in [0.05, 0.1) is 19.3 Å². The minimum atomic E-state index is -0.328. The fourth-order valence-electron chi connectivity index (χ4n) is 1.82. The maximum atomic E-state index is 11.5. The van der Waals surface area contributed by atoms with Crippen LogP contribution in [-0.2, 0) is 9.53 Å². The molecule has 94 valence electrons. The fraction of sp³-hybridized carbons (Fsp3) is 0.917. The number of ether oxygens (including phenoxy) is 1. The van der Waals surface area contributed by atoms with Crippen molar-refractivity contribution in [3.63, 3.8) is 0 Å². The lowest BCUT2D eigenvalue weighted by Gasteiger charge is -2.40. The van der Waals surface area contributed by atoms with Crippen LogP contribution < -0.4 is 0 Å². The molecule has 4 heteroatoms. The number of ketones is 1. The molecular formula is C12H23NO3. The molecule has 1 rings (SSSR count). The molecule has 1 saturated heterocycles. The second kappa shape index (κ2) is 5.25. The molecule has 2 unspecified atom stereocenters. The van der Waals surface area contributed by atoms with E-state index in [1.165, 1.54) is 0 Å². The maximum Gasteiger partial charge on any atom is 0.136 e. The van der Waals surface area contributed by atoms with Gasteiger partial charge in [0.1, 0.15) is 5.78 Å². The van der Waals surface area contributed by atoms with E-state index in [-0.39, 0.29) is 23.9 Å². The van der Waals surface area contributed by atoms with E-state index in [4.69, 9.17) is 9.84 Å². The average Bonchev–Trinajstić information content (AvgIpc) is 2.21. The molecule has 0 aliphatic carbocycles. The minimum absolute atomic E-state index is 0.0454. The molecule has 1 heterocycles. The fourth-order valence-corrected chi connectivity index (χ4v) is 1.82. The summed E-state index contributed by atoms with van der Waals surface area (Å²) in [5.41, 5.74) is -0.328. The van der Waals surface area contributed by atoms with Crippen LogP contribution >= 0.6 is 0 Å². The second-order valence-electron chi connectivity index (χ2n) is 5.36. The molecule has 0 aromatic rings. The Morgan fingerprint density at radius 2 is 2.19 bits per heavy atom. The standard InChI is InChI=1S/C12H23NO3/c1-9-7-16-11(6-14)5-13(9)8-12(3,4)10(2)15/h9,11,14H,5-8H2,1-4H3. The molecule has 0 amide bonds. The van der Waals surface area contributed by atoms with Crippen molar-refractivity contribution in [1.29, 1.82) is 0 Å². The van der Waals surface area contributed by atoms with E-state index in [1.54, 1.807) is 6.92 Å². The molecule has 0 aromatic heterocycles. The third-order valence-electron chi connectivity index (χ3n) is 3.39. The number of hydrogen-bond acceptors (Lipinski definition) is 4. The van der Waals surface area contributed by atoms with Gasteiger partial charge >= 0.3 is 0 Å². The topological polar surface area (TPSA) is 49.8 Å². The Labute approximate surface area is 97.6 Å². The van der Waals surface area contributed by atoms with Gasteiger partial charge < -0.3 is 9.84 Å². The largest absolute Gasteiger partial charge is 0.394 e. The van der Waals surface area contributed by atoms with Gasteiger partial charge in [0.25, 0.3) is 0 Å². The zero-order valence-corrected chi connectivity index (χ0v) is 10.7. The summed E-state index contributed by atoms with van der Waals surface area (Å²) in [6.07, 6.45) is -0.112. The SMILES string of the molecule is CC(=O)C(C)(C)CN1CC(CO)OCC1C. The number of carbonyl (C=O) groups is 1. The van der Waals surface area contributed by atoms with Gasteiger partial charge in [0.2, 0.25) is 0 Å². The van der Waals surface area contributed by atoms with Crippen molar-refractivity contribution in [2.75, 3.05) is 26.3 Å². The summed E-state index contributed by atoms with van der Waals surface area (Å²) in [5, 5.41) is 9.08. The summed E-state index contributed by atoms with van der Waals surface area (Å²) < 4.78 is 5.47. The number of morpholine rings is 1. The second-order valence-corrected chi connectivity index (χ2v) is 5.36. The lowest BCUT2D eigenvalue weighted by Crippen LogP contribution is -2.53. The Balaban J connectivity index is 2.60. The van der Waals surface area contributed by atoms with Crippen molar-refractivity contribution in [3.05, 3.63) is 0 Å². The molecule has 0 spiro atoms. The Kier molecular flexibility index (Phi) is 4.47. The molecular weight excluding hydrogens is 206 g/mol. The molecule has 2 atom stereocenters. The summed E-state index contributed by atoms with van der Waals surface area (Å²) in [4.78, 5) is 13.7. The van der Waals surface area contributed by atoms with Crippen molar-refractivity contribution in [2.45, 2.75) is 39.8 Å². The zero-order chi connectivity index (χ0) is 12.3. The first-order valence-electron chi connectivity index (χ1n) is 5.84. The van der Waals surface area contributed by atoms with Crippen LogP contribution in [0.5, 0.6) is 0 Å². The van der Waals surface area contributed by atoms with Crippen molar-refractivity contribution in [3.8, 4) is 0 Å². The molecule has 1 fully saturated rings. The van der Waals surface area contributed by atoms with Gasteiger partial charge in [-0.25, -0.2) is 0 Å². The molecule has 16 heavy (non-hydrogen) atoms. The summed E-state index contributed by atoms with van der Waals surface area (Å²) in [7, 11) is 0. The third kappa shape index (κ3) is 3.27. The molecule has 1 aliphatic heterocycles. The van der Waals surface area contributed by atoms with Gasteiger partial charge in [0, 0.05) is 24.5 Å². The highest BCUT2D eigenvalue weighted by Crippen LogP contribution is 2.22. The lowest BCUT2D eigenvalue weighted by atomic mass is 9.87. The van der Waals surface area contributed by atoms with E-state index in [0.29, 0.717) is 19.2 Å². The molecule has 0 saturated carbocycles. The monoisotopic (exact) mass is 229 g/mol. The van der Waals surface area contributed by atoms with Crippen molar-refractivity contribution >= 4 is 5.78 Å². The van der Waals surface area contributed by atoms with Crippen LogP contribution in [-0.4, -0.2) is 54.2 Å². The maximum absolute atomic E-state index is 11.5. The summed E-state index contributed by atoms with van der Waals surface area (Å²) in [6, 6.07) is 0.307. The predicted molar refractivity (Wildman–Crippen MR) is 62.3 cm³/mol. The third-order valence-corrected chi connectivity index (χ3v) is 3.39. The van der Waals surface area contributed by atoms with Crippen LogP contribution in [0.4, 0.5) is 0 Å². The highest BCUT2D eigenvalue weighted by molar-refractivity contribution is 5.81. The molecule has 0 aromatic carbocycles. The van der Waals surface area contributed by atoms with Crippen molar-refractivity contribution < 1.29 is 14.6 Å². The van der Waals surface area contributed by atoms with Crippen LogP contribution in [0, 0.1) is 5.41 Å².